The first-order valence-corrected chi connectivity index (χ1v) is 6.70. The quantitative estimate of drug-likeness (QED) is 0.838. The van der Waals surface area contributed by atoms with Gasteiger partial charge in [0.1, 0.15) is 6.10 Å². The lowest BCUT2D eigenvalue weighted by Gasteiger charge is -2.27. The average molecular weight is 267 g/mol. The number of rotatable bonds is 4. The summed E-state index contributed by atoms with van der Waals surface area (Å²) in [6.07, 6.45) is 5.38. The SMILES string of the molecule is CCn1cc(N)c(C(=O)OC2CCCC(OC)C2)n1. The molecule has 2 unspecified atom stereocenters. The summed E-state index contributed by atoms with van der Waals surface area (Å²) in [5, 5.41) is 4.12. The van der Waals surface area contributed by atoms with Crippen molar-refractivity contribution >= 4 is 11.7 Å². The normalized spacial score (nSPS) is 23.3. The zero-order valence-electron chi connectivity index (χ0n) is 11.5. The van der Waals surface area contributed by atoms with Crippen LogP contribution in [-0.4, -0.2) is 35.1 Å². The van der Waals surface area contributed by atoms with Crippen molar-refractivity contribution in [3.63, 3.8) is 0 Å². The van der Waals surface area contributed by atoms with Gasteiger partial charge in [0, 0.05) is 26.3 Å². The van der Waals surface area contributed by atoms with Gasteiger partial charge >= 0.3 is 5.97 Å². The van der Waals surface area contributed by atoms with E-state index in [1.165, 1.54) is 0 Å². The highest BCUT2D eigenvalue weighted by Crippen LogP contribution is 2.24. The van der Waals surface area contributed by atoms with Crippen molar-refractivity contribution in [2.24, 2.45) is 0 Å². The second kappa shape index (κ2) is 6.06. The topological polar surface area (TPSA) is 79.4 Å². The van der Waals surface area contributed by atoms with Crippen molar-refractivity contribution in [2.75, 3.05) is 12.8 Å². The highest BCUT2D eigenvalue weighted by Gasteiger charge is 2.26. The van der Waals surface area contributed by atoms with E-state index in [1.54, 1.807) is 18.0 Å². The number of nitrogens with two attached hydrogens (primary N) is 1. The highest BCUT2D eigenvalue weighted by molar-refractivity contribution is 5.92. The van der Waals surface area contributed by atoms with Crippen LogP contribution in [0.4, 0.5) is 5.69 Å². The van der Waals surface area contributed by atoms with E-state index < -0.39 is 5.97 Å². The van der Waals surface area contributed by atoms with Crippen LogP contribution in [0, 0.1) is 0 Å². The predicted molar refractivity (Wildman–Crippen MR) is 70.8 cm³/mol. The molecule has 1 saturated carbocycles. The van der Waals surface area contributed by atoms with Gasteiger partial charge in [0.05, 0.1) is 11.8 Å². The maximum absolute atomic E-state index is 12.0. The van der Waals surface area contributed by atoms with E-state index in [2.05, 4.69) is 5.10 Å². The smallest absolute Gasteiger partial charge is 0.361 e. The number of esters is 1. The van der Waals surface area contributed by atoms with E-state index >= 15 is 0 Å². The molecule has 0 spiro atoms. The molecule has 0 aliphatic heterocycles. The summed E-state index contributed by atoms with van der Waals surface area (Å²) >= 11 is 0. The van der Waals surface area contributed by atoms with Crippen LogP contribution in [0.3, 0.4) is 0 Å². The predicted octanol–water partition coefficient (Wildman–Crippen LogP) is 1.60. The van der Waals surface area contributed by atoms with E-state index in [-0.39, 0.29) is 17.9 Å². The third-order valence-corrected chi connectivity index (χ3v) is 3.49. The van der Waals surface area contributed by atoms with Crippen LogP contribution in [0.15, 0.2) is 6.20 Å². The van der Waals surface area contributed by atoms with Gasteiger partial charge < -0.3 is 15.2 Å². The van der Waals surface area contributed by atoms with Crippen LogP contribution in [0.2, 0.25) is 0 Å². The van der Waals surface area contributed by atoms with Gasteiger partial charge in [0.2, 0.25) is 0 Å². The first-order valence-electron chi connectivity index (χ1n) is 6.70. The lowest BCUT2D eigenvalue weighted by molar-refractivity contribution is -0.0152. The third-order valence-electron chi connectivity index (χ3n) is 3.49. The summed E-state index contributed by atoms with van der Waals surface area (Å²) in [5.41, 5.74) is 6.34. The minimum atomic E-state index is -0.438. The summed E-state index contributed by atoms with van der Waals surface area (Å²) in [7, 11) is 1.69. The molecule has 1 aliphatic carbocycles. The Morgan fingerprint density at radius 2 is 2.26 bits per heavy atom. The molecule has 6 heteroatoms. The van der Waals surface area contributed by atoms with Gasteiger partial charge in [-0.05, 0) is 26.2 Å². The number of hydrogen-bond donors (Lipinski definition) is 1. The molecule has 106 valence electrons. The molecule has 2 rings (SSSR count). The van der Waals surface area contributed by atoms with Crippen LogP contribution in [-0.2, 0) is 16.0 Å². The summed E-state index contributed by atoms with van der Waals surface area (Å²) in [4.78, 5) is 12.0. The minimum Gasteiger partial charge on any atom is -0.457 e. The number of hydrogen-bond acceptors (Lipinski definition) is 5. The molecule has 2 atom stereocenters. The van der Waals surface area contributed by atoms with Crippen molar-refractivity contribution in [3.05, 3.63) is 11.9 Å². The Hall–Kier alpha value is -1.56. The molecule has 0 saturated heterocycles. The van der Waals surface area contributed by atoms with Crippen molar-refractivity contribution in [3.8, 4) is 0 Å². The fraction of sp³-hybridized carbons (Fsp3) is 0.692. The van der Waals surface area contributed by atoms with Crippen LogP contribution < -0.4 is 5.73 Å². The standard InChI is InChI=1S/C13H21N3O3/c1-3-16-8-11(14)12(15-16)13(17)19-10-6-4-5-9(7-10)18-2/h8-10H,3-7,14H2,1-2H3. The Bertz CT molecular complexity index is 444. The number of carbonyl (C=O) groups is 1. The number of nitrogens with zero attached hydrogens (tertiary/aromatic N) is 2. The third kappa shape index (κ3) is 3.26. The lowest BCUT2D eigenvalue weighted by atomic mass is 9.95. The number of methoxy groups -OCH3 is 1. The van der Waals surface area contributed by atoms with Crippen molar-refractivity contribution in [1.29, 1.82) is 0 Å². The first-order chi connectivity index (χ1) is 9.13. The van der Waals surface area contributed by atoms with Gasteiger partial charge in [-0.3, -0.25) is 4.68 Å². The van der Waals surface area contributed by atoms with E-state index in [0.717, 1.165) is 25.7 Å². The molecule has 0 radical (unpaired) electrons. The van der Waals surface area contributed by atoms with Crippen LogP contribution >= 0.6 is 0 Å². The molecule has 1 aromatic heterocycles. The Morgan fingerprint density at radius 1 is 1.53 bits per heavy atom. The Morgan fingerprint density at radius 3 is 2.89 bits per heavy atom. The van der Waals surface area contributed by atoms with Gasteiger partial charge in [-0.1, -0.05) is 0 Å². The first kappa shape index (κ1) is 13.9. The fourth-order valence-corrected chi connectivity index (χ4v) is 2.39. The van der Waals surface area contributed by atoms with E-state index in [0.29, 0.717) is 12.2 Å². The largest absolute Gasteiger partial charge is 0.457 e. The molecule has 0 aromatic carbocycles. The van der Waals surface area contributed by atoms with E-state index in [4.69, 9.17) is 15.2 Å². The molecule has 1 fully saturated rings. The van der Waals surface area contributed by atoms with Gasteiger partial charge in [-0.15, -0.1) is 0 Å². The lowest BCUT2D eigenvalue weighted by Crippen LogP contribution is -2.29. The van der Waals surface area contributed by atoms with E-state index in [1.807, 2.05) is 6.92 Å². The number of aryl methyl sites for hydroxylation is 1. The van der Waals surface area contributed by atoms with Crippen LogP contribution in [0.5, 0.6) is 0 Å². The second-order valence-corrected chi connectivity index (χ2v) is 4.84. The molecule has 6 nitrogen and oxygen atoms in total. The minimum absolute atomic E-state index is 0.0997. The maximum atomic E-state index is 12.0. The van der Waals surface area contributed by atoms with Gasteiger partial charge in [0.15, 0.2) is 5.69 Å². The molecule has 0 bridgehead atoms. The zero-order valence-corrected chi connectivity index (χ0v) is 11.5. The molecule has 1 aliphatic rings. The Balaban J connectivity index is 1.98. The molecule has 2 N–H and O–H groups in total. The summed E-state index contributed by atoms with van der Waals surface area (Å²) < 4.78 is 12.4. The van der Waals surface area contributed by atoms with Gasteiger partial charge in [-0.2, -0.15) is 5.10 Å². The van der Waals surface area contributed by atoms with Crippen molar-refractivity contribution in [1.82, 2.24) is 9.78 Å². The Kier molecular flexibility index (Phi) is 4.42. The Labute approximate surface area is 112 Å². The number of ether oxygens (including phenoxy) is 2. The number of aromatic nitrogens is 2. The fourth-order valence-electron chi connectivity index (χ4n) is 2.39. The average Bonchev–Trinajstić information content (AvgIpc) is 2.80. The number of anilines is 1. The van der Waals surface area contributed by atoms with Crippen molar-refractivity contribution < 1.29 is 14.3 Å². The summed E-state index contributed by atoms with van der Waals surface area (Å²) in [6, 6.07) is 0. The molecule has 0 amide bonds. The summed E-state index contributed by atoms with van der Waals surface area (Å²) in [5.74, 6) is -0.438. The van der Waals surface area contributed by atoms with Gasteiger partial charge in [0.25, 0.3) is 0 Å². The number of nitrogen functional groups attached to an aromatic ring is 1. The molecule has 1 heterocycles. The van der Waals surface area contributed by atoms with Crippen LogP contribution in [0.1, 0.15) is 43.1 Å². The molecular weight excluding hydrogens is 246 g/mol. The second-order valence-electron chi connectivity index (χ2n) is 4.84. The van der Waals surface area contributed by atoms with Crippen LogP contribution in [0.25, 0.3) is 0 Å². The van der Waals surface area contributed by atoms with Crippen molar-refractivity contribution in [2.45, 2.75) is 51.4 Å². The van der Waals surface area contributed by atoms with Gasteiger partial charge in [-0.25, -0.2) is 4.79 Å². The monoisotopic (exact) mass is 267 g/mol. The highest BCUT2D eigenvalue weighted by atomic mass is 16.5. The number of carbonyl (C=O) groups excluding carboxylic acids is 1. The zero-order chi connectivity index (χ0) is 13.8. The van der Waals surface area contributed by atoms with E-state index in [9.17, 15) is 4.79 Å². The maximum Gasteiger partial charge on any atom is 0.361 e. The summed E-state index contributed by atoms with van der Waals surface area (Å²) in [6.45, 7) is 2.61. The molecule has 1 aromatic rings. The molecular formula is C13H21N3O3. The molecule has 19 heavy (non-hydrogen) atoms.